The lowest BCUT2D eigenvalue weighted by Gasteiger charge is -2.40. The van der Waals surface area contributed by atoms with Crippen molar-refractivity contribution in [2.75, 3.05) is 13.7 Å². The number of hydrogen-bond donors (Lipinski definition) is 0. The molecule has 0 aromatic heterocycles. The zero-order chi connectivity index (χ0) is 17.1. The predicted molar refractivity (Wildman–Crippen MR) is 86.7 cm³/mol. The summed E-state index contributed by atoms with van der Waals surface area (Å²) in [5, 5.41) is 0. The highest BCUT2D eigenvalue weighted by Crippen LogP contribution is 2.43. The normalized spacial score (nSPS) is 20.3. The van der Waals surface area contributed by atoms with Gasteiger partial charge in [-0.1, -0.05) is 24.3 Å². The first-order chi connectivity index (χ1) is 10.8. The van der Waals surface area contributed by atoms with E-state index in [2.05, 4.69) is 0 Å². The average Bonchev–Trinajstić information content (AvgIpc) is 2.46. The largest absolute Gasteiger partial charge is 0.511 e. The van der Waals surface area contributed by atoms with Crippen molar-refractivity contribution in [2.24, 2.45) is 0 Å². The molecule has 0 fully saturated rings. The highest BCUT2D eigenvalue weighted by atomic mass is 16.8. The Kier molecular flexibility index (Phi) is 5.00. The van der Waals surface area contributed by atoms with E-state index < -0.39 is 17.5 Å². The van der Waals surface area contributed by atoms with Crippen molar-refractivity contribution >= 4 is 11.9 Å². The quantitative estimate of drug-likeness (QED) is 0.614. The van der Waals surface area contributed by atoms with Crippen LogP contribution in [0.1, 0.15) is 45.2 Å². The van der Waals surface area contributed by atoms with Gasteiger partial charge in [0.2, 0.25) is 5.79 Å². The molecule has 126 valence electrons. The Morgan fingerprint density at radius 1 is 1.26 bits per heavy atom. The highest BCUT2D eigenvalue weighted by molar-refractivity contribution is 5.68. The smallest absolute Gasteiger partial charge is 0.496 e. The first-order valence-electron chi connectivity index (χ1n) is 7.71. The minimum atomic E-state index is -1.23. The van der Waals surface area contributed by atoms with Crippen LogP contribution >= 0.6 is 0 Å². The highest BCUT2D eigenvalue weighted by Gasteiger charge is 2.45. The van der Waals surface area contributed by atoms with Crippen LogP contribution in [0.15, 0.2) is 30.3 Å². The fourth-order valence-electron chi connectivity index (χ4n) is 2.66. The molecule has 2 rings (SSSR count). The van der Waals surface area contributed by atoms with Gasteiger partial charge < -0.3 is 18.9 Å². The van der Waals surface area contributed by atoms with Gasteiger partial charge in [-0.2, -0.15) is 0 Å². The average molecular weight is 320 g/mol. The van der Waals surface area contributed by atoms with Crippen LogP contribution < -0.4 is 0 Å². The number of fused-ring (bicyclic) bond motifs is 1. The summed E-state index contributed by atoms with van der Waals surface area (Å²) in [6, 6.07) is 7.58. The Labute approximate surface area is 137 Å². The van der Waals surface area contributed by atoms with Crippen molar-refractivity contribution in [1.82, 2.24) is 0 Å². The molecule has 5 heteroatoms. The van der Waals surface area contributed by atoms with Crippen LogP contribution in [-0.4, -0.2) is 25.5 Å². The molecule has 23 heavy (non-hydrogen) atoms. The van der Waals surface area contributed by atoms with Gasteiger partial charge in [-0.05, 0) is 33.8 Å². The molecule has 0 spiro atoms. The summed E-state index contributed by atoms with van der Waals surface area (Å²) in [6.07, 6.45) is 1.47. The molecule has 0 aliphatic heterocycles. The van der Waals surface area contributed by atoms with Gasteiger partial charge in [-0.3, -0.25) is 0 Å². The maximum atomic E-state index is 12.0. The summed E-state index contributed by atoms with van der Waals surface area (Å²) in [5.74, 6) is -0.496. The first-order valence-corrected chi connectivity index (χ1v) is 7.71. The zero-order valence-electron chi connectivity index (χ0n) is 14.3. The summed E-state index contributed by atoms with van der Waals surface area (Å²) < 4.78 is 22.2. The van der Waals surface area contributed by atoms with Gasteiger partial charge in [-0.25, -0.2) is 4.79 Å². The molecular formula is C18H24O5. The molecule has 0 saturated carbocycles. The van der Waals surface area contributed by atoms with Gasteiger partial charge >= 0.3 is 6.16 Å². The summed E-state index contributed by atoms with van der Waals surface area (Å²) >= 11 is 0. The molecule has 1 atom stereocenters. The fraction of sp³-hybridized carbons (Fsp3) is 0.500. The van der Waals surface area contributed by atoms with Crippen LogP contribution in [0.25, 0.3) is 5.76 Å². The maximum Gasteiger partial charge on any atom is 0.511 e. The Morgan fingerprint density at radius 3 is 2.57 bits per heavy atom. The van der Waals surface area contributed by atoms with Gasteiger partial charge in [-0.15, -0.1) is 0 Å². The Morgan fingerprint density at radius 2 is 1.96 bits per heavy atom. The van der Waals surface area contributed by atoms with E-state index in [0.29, 0.717) is 6.42 Å². The van der Waals surface area contributed by atoms with E-state index in [9.17, 15) is 4.79 Å². The first kappa shape index (κ1) is 17.3. The molecule has 1 aromatic rings. The standard InChI is InChI=1S/C18H24O5/c1-6-21-16(19)22-18(23-17(2,3)4)12-11-15(20-5)13-9-7-8-10-14(13)18/h7-11H,6,12H2,1-5H3. The van der Waals surface area contributed by atoms with Crippen molar-refractivity contribution in [1.29, 1.82) is 0 Å². The van der Waals surface area contributed by atoms with E-state index >= 15 is 0 Å². The monoisotopic (exact) mass is 320 g/mol. The van der Waals surface area contributed by atoms with Gasteiger partial charge in [0.15, 0.2) is 0 Å². The Balaban J connectivity index is 2.50. The second-order valence-electron chi connectivity index (χ2n) is 6.27. The molecule has 0 bridgehead atoms. The third-order valence-corrected chi connectivity index (χ3v) is 3.36. The van der Waals surface area contributed by atoms with Crippen LogP contribution in [0.4, 0.5) is 4.79 Å². The van der Waals surface area contributed by atoms with Crippen LogP contribution in [0.5, 0.6) is 0 Å². The molecule has 0 saturated heterocycles. The van der Waals surface area contributed by atoms with Gasteiger partial charge in [0.1, 0.15) is 5.76 Å². The Bertz CT molecular complexity index is 600. The number of hydrogen-bond acceptors (Lipinski definition) is 5. The van der Waals surface area contributed by atoms with E-state index in [1.54, 1.807) is 14.0 Å². The zero-order valence-corrected chi connectivity index (χ0v) is 14.3. The number of carbonyl (C=O) groups excluding carboxylic acids is 1. The van der Waals surface area contributed by atoms with Crippen molar-refractivity contribution in [3.8, 4) is 0 Å². The van der Waals surface area contributed by atoms with Crippen LogP contribution in [0, 0.1) is 0 Å². The number of methoxy groups -OCH3 is 1. The van der Waals surface area contributed by atoms with Crippen LogP contribution in [0.3, 0.4) is 0 Å². The lowest BCUT2D eigenvalue weighted by molar-refractivity contribution is -0.265. The van der Waals surface area contributed by atoms with Crippen molar-refractivity contribution in [3.05, 3.63) is 41.5 Å². The van der Waals surface area contributed by atoms with Crippen molar-refractivity contribution in [3.63, 3.8) is 0 Å². The van der Waals surface area contributed by atoms with E-state index in [-0.39, 0.29) is 6.61 Å². The van der Waals surface area contributed by atoms with E-state index in [1.807, 2.05) is 51.1 Å². The summed E-state index contributed by atoms with van der Waals surface area (Å²) in [4.78, 5) is 12.0. The maximum absolute atomic E-state index is 12.0. The second kappa shape index (κ2) is 6.62. The minimum absolute atomic E-state index is 0.241. The summed E-state index contributed by atoms with van der Waals surface area (Å²) in [6.45, 7) is 7.73. The third-order valence-electron chi connectivity index (χ3n) is 3.36. The third kappa shape index (κ3) is 3.85. The SMILES string of the molecule is CCOC(=O)OC1(OC(C)(C)C)CC=C(OC)c2ccccc21. The number of benzene rings is 1. The molecule has 1 aliphatic carbocycles. The summed E-state index contributed by atoms with van der Waals surface area (Å²) in [7, 11) is 1.62. The lowest BCUT2D eigenvalue weighted by atomic mass is 9.89. The molecule has 0 heterocycles. The number of carbonyl (C=O) groups is 1. The predicted octanol–water partition coefficient (Wildman–Crippen LogP) is 4.22. The van der Waals surface area contributed by atoms with Gasteiger partial charge in [0, 0.05) is 17.5 Å². The van der Waals surface area contributed by atoms with Gasteiger partial charge in [0.05, 0.1) is 19.3 Å². The molecule has 1 aliphatic rings. The van der Waals surface area contributed by atoms with Crippen LogP contribution in [0.2, 0.25) is 0 Å². The van der Waals surface area contributed by atoms with Crippen molar-refractivity contribution in [2.45, 2.75) is 45.5 Å². The fourth-order valence-corrected chi connectivity index (χ4v) is 2.66. The lowest BCUT2D eigenvalue weighted by Crippen LogP contribution is -2.43. The van der Waals surface area contributed by atoms with Crippen molar-refractivity contribution < 1.29 is 23.7 Å². The van der Waals surface area contributed by atoms with E-state index in [4.69, 9.17) is 18.9 Å². The van der Waals surface area contributed by atoms with Crippen LogP contribution in [-0.2, 0) is 24.7 Å². The summed E-state index contributed by atoms with van der Waals surface area (Å²) in [5.41, 5.74) is 1.08. The van der Waals surface area contributed by atoms with E-state index in [1.165, 1.54) is 0 Å². The van der Waals surface area contributed by atoms with Gasteiger partial charge in [0.25, 0.3) is 0 Å². The number of ether oxygens (including phenoxy) is 4. The topological polar surface area (TPSA) is 54.0 Å². The molecule has 1 unspecified atom stereocenters. The minimum Gasteiger partial charge on any atom is -0.496 e. The molecule has 0 N–H and O–H groups in total. The molecule has 5 nitrogen and oxygen atoms in total. The number of rotatable bonds is 4. The molecule has 1 aromatic carbocycles. The molecule has 0 radical (unpaired) electrons. The Hall–Kier alpha value is -2.01. The molecule has 0 amide bonds. The van der Waals surface area contributed by atoms with E-state index in [0.717, 1.165) is 16.9 Å². The molecular weight excluding hydrogens is 296 g/mol. The second-order valence-corrected chi connectivity index (χ2v) is 6.27.